The maximum absolute atomic E-state index is 11.8. The minimum absolute atomic E-state index is 0.0777. The molecule has 1 atom stereocenters. The molecular weight excluding hydrogens is 254 g/mol. The highest BCUT2D eigenvalue weighted by Crippen LogP contribution is 2.26. The number of nitrogens with one attached hydrogen (secondary N) is 1. The molecule has 3 rings (SSSR count). The molecule has 0 aliphatic carbocycles. The number of fused-ring (bicyclic) bond motifs is 1. The minimum Gasteiger partial charge on any atom is -0.269 e. The van der Waals surface area contributed by atoms with Crippen molar-refractivity contribution in [3.63, 3.8) is 0 Å². The topological polar surface area (TPSA) is 84.3 Å². The summed E-state index contributed by atoms with van der Waals surface area (Å²) in [7, 11) is -3.01. The van der Waals surface area contributed by atoms with E-state index in [1.54, 1.807) is 12.1 Å². The third-order valence-electron chi connectivity index (χ3n) is 3.30. The van der Waals surface area contributed by atoms with E-state index in [2.05, 4.69) is 10.2 Å². The molecule has 2 aromatic rings. The maximum atomic E-state index is 11.8. The van der Waals surface area contributed by atoms with Crippen LogP contribution < -0.4 is 5.56 Å². The molecule has 1 fully saturated rings. The molecule has 1 aliphatic rings. The Hall–Kier alpha value is -1.63. The minimum atomic E-state index is -3.01. The summed E-state index contributed by atoms with van der Waals surface area (Å²) in [5.41, 5.74) is 0.416. The summed E-state index contributed by atoms with van der Waals surface area (Å²) in [6, 6.07) is 4.84. The van der Waals surface area contributed by atoms with Gasteiger partial charge < -0.3 is 0 Å². The molecule has 1 N–H and O–H groups in total. The molecule has 3 heterocycles. The first-order valence-corrected chi connectivity index (χ1v) is 7.65. The van der Waals surface area contributed by atoms with Crippen LogP contribution in [0.4, 0.5) is 0 Å². The Balaban J connectivity index is 2.12. The Morgan fingerprint density at radius 1 is 1.39 bits per heavy atom. The van der Waals surface area contributed by atoms with Crippen LogP contribution in [-0.4, -0.2) is 34.5 Å². The first-order chi connectivity index (χ1) is 8.57. The Kier molecular flexibility index (Phi) is 2.51. The average Bonchev–Trinajstić information content (AvgIpc) is 2.73. The smallest absolute Gasteiger partial charge is 0.257 e. The summed E-state index contributed by atoms with van der Waals surface area (Å²) < 4.78 is 24.8. The van der Waals surface area contributed by atoms with Crippen LogP contribution in [0.1, 0.15) is 24.6 Å². The highest BCUT2D eigenvalue weighted by molar-refractivity contribution is 7.91. The predicted molar refractivity (Wildman–Crippen MR) is 66.4 cm³/mol. The van der Waals surface area contributed by atoms with E-state index in [4.69, 9.17) is 0 Å². The highest BCUT2D eigenvalue weighted by atomic mass is 32.2. The molecule has 18 heavy (non-hydrogen) atoms. The summed E-state index contributed by atoms with van der Waals surface area (Å²) in [4.78, 5) is 11.8. The van der Waals surface area contributed by atoms with Crippen molar-refractivity contribution in [2.45, 2.75) is 18.8 Å². The van der Waals surface area contributed by atoms with E-state index in [1.807, 2.05) is 0 Å². The number of aromatic amines is 1. The van der Waals surface area contributed by atoms with Crippen molar-refractivity contribution in [3.8, 4) is 0 Å². The lowest BCUT2D eigenvalue weighted by atomic mass is 10.1. The van der Waals surface area contributed by atoms with Crippen LogP contribution in [0.25, 0.3) is 5.65 Å². The van der Waals surface area contributed by atoms with Gasteiger partial charge in [-0.15, -0.1) is 0 Å². The predicted octanol–water partition coefficient (Wildman–Crippen LogP) is 0.315. The molecular formula is C11H13N3O3S. The fraction of sp³-hybridized carbons (Fsp3) is 0.455. The van der Waals surface area contributed by atoms with Crippen molar-refractivity contribution in [2.24, 2.45) is 0 Å². The maximum Gasteiger partial charge on any atom is 0.257 e. The molecule has 2 aromatic heterocycles. The largest absolute Gasteiger partial charge is 0.269 e. The van der Waals surface area contributed by atoms with Gasteiger partial charge in [0.1, 0.15) is 11.5 Å². The fourth-order valence-electron chi connectivity index (χ4n) is 2.48. The number of hydrogen-bond acceptors (Lipinski definition) is 4. The number of aromatic nitrogens is 3. The Labute approximate surface area is 104 Å². The van der Waals surface area contributed by atoms with Crippen LogP contribution in [0.2, 0.25) is 0 Å². The quantitative estimate of drug-likeness (QED) is 0.806. The van der Waals surface area contributed by atoms with Gasteiger partial charge in [-0.25, -0.2) is 12.8 Å². The van der Waals surface area contributed by atoms with Gasteiger partial charge in [-0.1, -0.05) is 6.07 Å². The van der Waals surface area contributed by atoms with E-state index in [-0.39, 0.29) is 23.0 Å². The van der Waals surface area contributed by atoms with E-state index in [0.717, 1.165) is 6.42 Å². The third kappa shape index (κ3) is 1.84. The lowest BCUT2D eigenvalue weighted by molar-refractivity contribution is 0.540. The van der Waals surface area contributed by atoms with Crippen LogP contribution >= 0.6 is 0 Å². The van der Waals surface area contributed by atoms with Gasteiger partial charge in [-0.3, -0.25) is 9.89 Å². The van der Waals surface area contributed by atoms with Crippen molar-refractivity contribution < 1.29 is 8.42 Å². The summed E-state index contributed by atoms with van der Waals surface area (Å²) in [6.45, 7) is 0. The molecule has 1 unspecified atom stereocenters. The van der Waals surface area contributed by atoms with Gasteiger partial charge >= 0.3 is 0 Å². The molecule has 0 spiro atoms. The number of sulfone groups is 1. The summed E-state index contributed by atoms with van der Waals surface area (Å²) >= 11 is 0. The molecule has 1 saturated heterocycles. The van der Waals surface area contributed by atoms with E-state index in [9.17, 15) is 13.2 Å². The second-order valence-corrected chi connectivity index (χ2v) is 6.85. The third-order valence-corrected chi connectivity index (χ3v) is 5.12. The number of pyridine rings is 1. The van der Waals surface area contributed by atoms with Gasteiger partial charge in [-0.05, 0) is 18.9 Å². The average molecular weight is 267 g/mol. The normalized spacial score (nSPS) is 23.2. The van der Waals surface area contributed by atoms with Crippen LogP contribution in [0, 0.1) is 0 Å². The second kappa shape index (κ2) is 3.94. The number of H-pyrrole nitrogens is 1. The molecule has 1 aliphatic heterocycles. The molecule has 6 nitrogen and oxygen atoms in total. The standard InChI is InChI=1S/C11H13N3O3S/c15-10-5-1-4-9-12-13-11(14(9)10)8-3-2-6-18(16,17)7-8/h1,4-5,8,12H,2-3,6-7H2. The zero-order chi connectivity index (χ0) is 12.8. The summed E-state index contributed by atoms with van der Waals surface area (Å²) in [5.74, 6) is 0.645. The van der Waals surface area contributed by atoms with Gasteiger partial charge in [-0.2, -0.15) is 5.10 Å². The number of hydrogen-bond donors (Lipinski definition) is 1. The second-order valence-electron chi connectivity index (χ2n) is 4.62. The van der Waals surface area contributed by atoms with Gasteiger partial charge in [0, 0.05) is 12.0 Å². The van der Waals surface area contributed by atoms with Crippen LogP contribution in [-0.2, 0) is 9.84 Å². The van der Waals surface area contributed by atoms with E-state index in [0.29, 0.717) is 17.9 Å². The van der Waals surface area contributed by atoms with E-state index < -0.39 is 9.84 Å². The first-order valence-electron chi connectivity index (χ1n) is 5.83. The molecule has 7 heteroatoms. The summed E-state index contributed by atoms with van der Waals surface area (Å²) in [6.07, 6.45) is 1.38. The molecule has 0 saturated carbocycles. The molecule has 0 bridgehead atoms. The SMILES string of the molecule is O=c1cccc2[nH]nc(C3CCCS(=O)(=O)C3)n12. The van der Waals surface area contributed by atoms with Crippen molar-refractivity contribution in [1.82, 2.24) is 14.6 Å². The van der Waals surface area contributed by atoms with Gasteiger partial charge in [0.25, 0.3) is 5.56 Å². The Morgan fingerprint density at radius 2 is 2.22 bits per heavy atom. The first kappa shape index (κ1) is 11.5. The molecule has 0 aromatic carbocycles. The van der Waals surface area contributed by atoms with Crippen molar-refractivity contribution in [1.29, 1.82) is 0 Å². The molecule has 0 amide bonds. The molecule has 0 radical (unpaired) electrons. The monoisotopic (exact) mass is 267 g/mol. The van der Waals surface area contributed by atoms with Crippen LogP contribution in [0.5, 0.6) is 0 Å². The Morgan fingerprint density at radius 3 is 3.00 bits per heavy atom. The lowest BCUT2D eigenvalue weighted by Gasteiger charge is -2.20. The zero-order valence-electron chi connectivity index (χ0n) is 9.67. The summed E-state index contributed by atoms with van der Waals surface area (Å²) in [5, 5.41) is 6.89. The fourth-order valence-corrected chi connectivity index (χ4v) is 4.18. The van der Waals surface area contributed by atoms with Crippen molar-refractivity contribution in [3.05, 3.63) is 34.4 Å². The van der Waals surface area contributed by atoms with Gasteiger partial charge in [0.2, 0.25) is 0 Å². The highest BCUT2D eigenvalue weighted by Gasteiger charge is 2.29. The van der Waals surface area contributed by atoms with Gasteiger partial charge in [0.05, 0.1) is 11.5 Å². The lowest BCUT2D eigenvalue weighted by Crippen LogP contribution is -2.27. The number of nitrogens with zero attached hydrogens (tertiary/aromatic N) is 2. The zero-order valence-corrected chi connectivity index (χ0v) is 10.5. The Bertz CT molecular complexity index is 744. The number of rotatable bonds is 1. The molecule has 96 valence electrons. The van der Waals surface area contributed by atoms with Crippen molar-refractivity contribution in [2.75, 3.05) is 11.5 Å². The van der Waals surface area contributed by atoms with Crippen LogP contribution in [0.15, 0.2) is 23.0 Å². The van der Waals surface area contributed by atoms with E-state index >= 15 is 0 Å². The van der Waals surface area contributed by atoms with Crippen LogP contribution in [0.3, 0.4) is 0 Å². The van der Waals surface area contributed by atoms with Crippen molar-refractivity contribution >= 4 is 15.5 Å². The van der Waals surface area contributed by atoms with E-state index in [1.165, 1.54) is 10.5 Å². The van der Waals surface area contributed by atoms with Gasteiger partial charge in [0.15, 0.2) is 9.84 Å².